The first-order valence-electron chi connectivity index (χ1n) is 5.81. The predicted octanol–water partition coefficient (Wildman–Crippen LogP) is 3.66. The van der Waals surface area contributed by atoms with Crippen molar-refractivity contribution >= 4 is 40.2 Å². The molecule has 1 aliphatic heterocycles. The van der Waals surface area contributed by atoms with E-state index in [0.717, 1.165) is 11.0 Å². The zero-order valence-electron chi connectivity index (χ0n) is 10.7. The number of thioether (sulfide) groups is 2. The Morgan fingerprint density at radius 2 is 1.94 bits per heavy atom. The maximum Gasteiger partial charge on any atom is 0.203 e. The van der Waals surface area contributed by atoms with Gasteiger partial charge in [-0.3, -0.25) is 0 Å². The average molecular weight is 289 g/mol. The number of aromatic nitrogens is 2. The van der Waals surface area contributed by atoms with Gasteiger partial charge in [0.2, 0.25) is 5.13 Å². The number of anilines is 1. The van der Waals surface area contributed by atoms with Crippen LogP contribution in [0.25, 0.3) is 0 Å². The van der Waals surface area contributed by atoms with Gasteiger partial charge in [-0.05, 0) is 20.8 Å². The summed E-state index contributed by atoms with van der Waals surface area (Å²) >= 11 is 5.49. The molecule has 96 valence electrons. The van der Waals surface area contributed by atoms with Crippen molar-refractivity contribution in [3.63, 3.8) is 0 Å². The minimum Gasteiger partial charge on any atom is -0.356 e. The lowest BCUT2D eigenvalue weighted by Gasteiger charge is -2.25. The number of nitrogens with zero attached hydrogens (tertiary/aromatic N) is 2. The molecule has 0 bridgehead atoms. The highest BCUT2D eigenvalue weighted by molar-refractivity contribution is 8.06. The molecule has 1 saturated heterocycles. The van der Waals surface area contributed by atoms with Crippen LogP contribution in [0.4, 0.5) is 5.13 Å². The molecule has 0 amide bonds. The van der Waals surface area contributed by atoms with E-state index in [-0.39, 0.29) is 5.54 Å². The number of nitrogens with one attached hydrogen (secondary N) is 1. The van der Waals surface area contributed by atoms with Crippen molar-refractivity contribution in [1.82, 2.24) is 9.36 Å². The van der Waals surface area contributed by atoms with Gasteiger partial charge in [-0.1, -0.05) is 6.92 Å². The SMILES string of the molecule is CC1SCCSC1c1nsc(NC(C)(C)C)n1. The molecule has 1 aromatic heterocycles. The zero-order valence-corrected chi connectivity index (χ0v) is 13.1. The second kappa shape index (κ2) is 5.36. The Morgan fingerprint density at radius 3 is 2.59 bits per heavy atom. The monoisotopic (exact) mass is 289 g/mol. The van der Waals surface area contributed by atoms with Crippen LogP contribution in [0.2, 0.25) is 0 Å². The highest BCUT2D eigenvalue weighted by Crippen LogP contribution is 2.41. The van der Waals surface area contributed by atoms with Crippen LogP contribution >= 0.6 is 35.1 Å². The molecular formula is C11H19N3S3. The third-order valence-corrected chi connectivity index (χ3v) is 6.10. The third-order valence-electron chi connectivity index (χ3n) is 2.37. The first-order valence-corrected chi connectivity index (χ1v) is 8.68. The van der Waals surface area contributed by atoms with Crippen molar-refractivity contribution in [2.45, 2.75) is 43.7 Å². The summed E-state index contributed by atoms with van der Waals surface area (Å²) in [6.07, 6.45) is 0. The van der Waals surface area contributed by atoms with E-state index in [9.17, 15) is 0 Å². The normalized spacial score (nSPS) is 25.9. The molecule has 17 heavy (non-hydrogen) atoms. The smallest absolute Gasteiger partial charge is 0.203 e. The molecule has 6 heteroatoms. The fourth-order valence-electron chi connectivity index (χ4n) is 1.64. The van der Waals surface area contributed by atoms with E-state index in [1.165, 1.54) is 23.0 Å². The second-order valence-corrected chi connectivity index (χ2v) is 8.69. The van der Waals surface area contributed by atoms with Crippen LogP contribution in [0.5, 0.6) is 0 Å². The van der Waals surface area contributed by atoms with Gasteiger partial charge in [0.1, 0.15) is 0 Å². The molecule has 2 atom stereocenters. The van der Waals surface area contributed by atoms with Crippen LogP contribution in [0.3, 0.4) is 0 Å². The maximum atomic E-state index is 4.63. The molecule has 1 fully saturated rings. The molecule has 0 spiro atoms. The van der Waals surface area contributed by atoms with Gasteiger partial charge in [-0.25, -0.2) is 4.98 Å². The van der Waals surface area contributed by atoms with Gasteiger partial charge in [-0.15, -0.1) is 11.8 Å². The Labute approximate surface area is 116 Å². The Balaban J connectivity index is 2.07. The van der Waals surface area contributed by atoms with Crippen molar-refractivity contribution in [1.29, 1.82) is 0 Å². The predicted molar refractivity (Wildman–Crippen MR) is 80.4 cm³/mol. The van der Waals surface area contributed by atoms with Crippen molar-refractivity contribution in [3.05, 3.63) is 5.82 Å². The molecule has 0 saturated carbocycles. The first-order chi connectivity index (χ1) is 7.96. The van der Waals surface area contributed by atoms with Gasteiger partial charge in [0.15, 0.2) is 5.82 Å². The lowest BCUT2D eigenvalue weighted by molar-refractivity contribution is 0.632. The summed E-state index contributed by atoms with van der Waals surface area (Å²) < 4.78 is 4.51. The molecule has 3 nitrogen and oxygen atoms in total. The van der Waals surface area contributed by atoms with Crippen molar-refractivity contribution in [2.75, 3.05) is 16.8 Å². The summed E-state index contributed by atoms with van der Waals surface area (Å²) in [5.41, 5.74) is 0.0525. The lowest BCUT2D eigenvalue weighted by atomic mass is 10.1. The van der Waals surface area contributed by atoms with E-state index in [1.54, 1.807) is 0 Å². The molecule has 0 radical (unpaired) electrons. The summed E-state index contributed by atoms with van der Waals surface area (Å²) in [7, 11) is 0. The van der Waals surface area contributed by atoms with Gasteiger partial charge < -0.3 is 5.32 Å². The van der Waals surface area contributed by atoms with E-state index in [4.69, 9.17) is 0 Å². The van der Waals surface area contributed by atoms with E-state index < -0.39 is 0 Å². The third kappa shape index (κ3) is 3.76. The minimum absolute atomic E-state index is 0.0525. The zero-order chi connectivity index (χ0) is 12.5. The number of hydrogen-bond donors (Lipinski definition) is 1. The Bertz CT molecular complexity index is 372. The van der Waals surface area contributed by atoms with Crippen molar-refractivity contribution < 1.29 is 0 Å². The van der Waals surface area contributed by atoms with Crippen LogP contribution in [0.1, 0.15) is 38.8 Å². The highest BCUT2D eigenvalue weighted by Gasteiger charge is 2.28. The number of hydrogen-bond acceptors (Lipinski definition) is 6. The van der Waals surface area contributed by atoms with Gasteiger partial charge in [0, 0.05) is 33.8 Å². The average Bonchev–Trinajstić information content (AvgIpc) is 2.64. The second-order valence-electron chi connectivity index (χ2n) is 5.20. The summed E-state index contributed by atoms with van der Waals surface area (Å²) in [6.45, 7) is 8.70. The summed E-state index contributed by atoms with van der Waals surface area (Å²) in [4.78, 5) is 4.63. The van der Waals surface area contributed by atoms with Crippen LogP contribution in [-0.4, -0.2) is 31.7 Å². The Kier molecular flexibility index (Phi) is 4.26. The van der Waals surface area contributed by atoms with Gasteiger partial charge >= 0.3 is 0 Å². The Hall–Kier alpha value is 0.0600. The molecule has 2 rings (SSSR count). The Morgan fingerprint density at radius 1 is 1.24 bits per heavy atom. The van der Waals surface area contributed by atoms with Crippen molar-refractivity contribution in [3.8, 4) is 0 Å². The minimum atomic E-state index is 0.0525. The molecule has 0 aliphatic carbocycles. The fraction of sp³-hybridized carbons (Fsp3) is 0.818. The summed E-state index contributed by atoms with van der Waals surface area (Å²) in [5, 5.41) is 5.40. The molecule has 0 aromatic carbocycles. The molecule has 1 aromatic rings. The van der Waals surface area contributed by atoms with E-state index in [2.05, 4.69) is 42.4 Å². The standard InChI is InChI=1S/C11H19N3S3/c1-7-8(16-6-5-15-7)9-12-10(17-14-9)13-11(2,3)4/h7-8H,5-6H2,1-4H3,(H,12,13,14). The van der Waals surface area contributed by atoms with E-state index in [1.807, 2.05) is 23.5 Å². The first kappa shape index (κ1) is 13.5. The largest absolute Gasteiger partial charge is 0.356 e. The van der Waals surface area contributed by atoms with Crippen LogP contribution in [-0.2, 0) is 0 Å². The molecule has 1 N–H and O–H groups in total. The van der Waals surface area contributed by atoms with E-state index in [0.29, 0.717) is 10.5 Å². The fourth-order valence-corrected chi connectivity index (χ4v) is 5.21. The maximum absolute atomic E-state index is 4.63. The highest BCUT2D eigenvalue weighted by atomic mass is 32.2. The van der Waals surface area contributed by atoms with Crippen LogP contribution < -0.4 is 5.32 Å². The van der Waals surface area contributed by atoms with Gasteiger partial charge in [0.05, 0.1) is 5.25 Å². The molecule has 1 aliphatic rings. The van der Waals surface area contributed by atoms with Gasteiger partial charge in [-0.2, -0.15) is 16.1 Å². The molecule has 2 unspecified atom stereocenters. The van der Waals surface area contributed by atoms with Crippen LogP contribution in [0.15, 0.2) is 0 Å². The number of rotatable bonds is 2. The quantitative estimate of drug-likeness (QED) is 0.899. The van der Waals surface area contributed by atoms with E-state index >= 15 is 0 Å². The van der Waals surface area contributed by atoms with Crippen molar-refractivity contribution in [2.24, 2.45) is 0 Å². The van der Waals surface area contributed by atoms with Gasteiger partial charge in [0.25, 0.3) is 0 Å². The molecule has 2 heterocycles. The van der Waals surface area contributed by atoms with Crippen LogP contribution in [0, 0.1) is 0 Å². The molecular weight excluding hydrogens is 270 g/mol. The topological polar surface area (TPSA) is 37.8 Å². The summed E-state index contributed by atoms with van der Waals surface area (Å²) in [6, 6.07) is 0. The lowest BCUT2D eigenvalue weighted by Crippen LogP contribution is -2.26. The summed E-state index contributed by atoms with van der Waals surface area (Å²) in [5.74, 6) is 3.46.